The van der Waals surface area contributed by atoms with Gasteiger partial charge in [0.15, 0.2) is 12.8 Å². The molecule has 0 aromatic carbocycles. The first-order valence-electron chi connectivity index (χ1n) is 7.64. The predicted octanol–water partition coefficient (Wildman–Crippen LogP) is -0.936. The molecule has 142 valence electrons. The quantitative estimate of drug-likeness (QED) is 0.507. The average Bonchev–Trinajstić information content (AvgIpc) is 2.77. The normalized spacial score (nSPS) is 35.0. The number of alkyl halides is 1. The van der Waals surface area contributed by atoms with Gasteiger partial charge in [0.2, 0.25) is 0 Å². The van der Waals surface area contributed by atoms with E-state index in [1.54, 1.807) is 13.8 Å². The van der Waals surface area contributed by atoms with Gasteiger partial charge in [0.25, 0.3) is 5.85 Å². The molecule has 2 aliphatic heterocycles. The molecule has 2 rings (SSSR count). The number of nitrogens with one attached hydrogen (secondary N) is 1. The van der Waals surface area contributed by atoms with Gasteiger partial charge in [0.05, 0.1) is 0 Å². The number of nitrogens with zero attached hydrogens (tertiary/aromatic N) is 2. The molecule has 4 N–H and O–H groups in total. The topological polar surface area (TPSA) is 132 Å². The second-order valence-corrected chi connectivity index (χ2v) is 6.13. The smallest absolute Gasteiger partial charge is 0.409 e. The standard InChI is InChI=1S/C14H22FN3O7/c1-7(2)17(3)13(23)24-6-14(15)10(21)9(20)11(25-14)18-5-4-8(19)16-12(18)22/h4-5,7-11,19-21H,6H2,1-3H3,(H,16,22)/t8?,9-,10+,11-,14-/m1/s1. The van der Waals surface area contributed by atoms with E-state index in [1.165, 1.54) is 18.0 Å². The summed E-state index contributed by atoms with van der Waals surface area (Å²) in [5.74, 6) is -2.90. The van der Waals surface area contributed by atoms with E-state index in [0.717, 1.165) is 11.1 Å². The number of ether oxygens (including phenoxy) is 2. The van der Waals surface area contributed by atoms with E-state index in [-0.39, 0.29) is 6.04 Å². The SMILES string of the molecule is CC(C)N(C)C(=O)OC[C@@]1(F)O[C@@H](N2C=CC(O)NC2=O)[C@H](O)[C@@H]1O. The van der Waals surface area contributed by atoms with E-state index >= 15 is 0 Å². The van der Waals surface area contributed by atoms with E-state index in [1.807, 2.05) is 0 Å². The van der Waals surface area contributed by atoms with Gasteiger partial charge in [-0.25, -0.2) is 14.0 Å². The highest BCUT2D eigenvalue weighted by molar-refractivity contribution is 5.77. The third-order valence-corrected chi connectivity index (χ3v) is 4.04. The number of hydrogen-bond acceptors (Lipinski definition) is 7. The summed E-state index contributed by atoms with van der Waals surface area (Å²) < 4.78 is 24.6. The number of rotatable bonds is 4. The number of aliphatic hydroxyl groups is 3. The van der Waals surface area contributed by atoms with Crippen molar-refractivity contribution in [1.29, 1.82) is 0 Å². The minimum atomic E-state index is -2.90. The third kappa shape index (κ3) is 3.84. The fraction of sp³-hybridized carbons (Fsp3) is 0.714. The summed E-state index contributed by atoms with van der Waals surface area (Å²) in [5.41, 5.74) is 0. The van der Waals surface area contributed by atoms with Crippen molar-refractivity contribution < 1.29 is 38.8 Å². The van der Waals surface area contributed by atoms with Crippen LogP contribution in [0.5, 0.6) is 0 Å². The van der Waals surface area contributed by atoms with Crippen molar-refractivity contribution in [3.05, 3.63) is 12.3 Å². The minimum absolute atomic E-state index is 0.190. The molecule has 1 fully saturated rings. The van der Waals surface area contributed by atoms with Crippen molar-refractivity contribution in [3.63, 3.8) is 0 Å². The lowest BCUT2D eigenvalue weighted by Crippen LogP contribution is -2.53. The van der Waals surface area contributed by atoms with Crippen molar-refractivity contribution in [1.82, 2.24) is 15.1 Å². The molecule has 0 bridgehead atoms. The Morgan fingerprint density at radius 3 is 2.72 bits per heavy atom. The fourth-order valence-corrected chi connectivity index (χ4v) is 2.26. The van der Waals surface area contributed by atoms with Crippen LogP contribution in [-0.2, 0) is 9.47 Å². The molecule has 2 aliphatic rings. The van der Waals surface area contributed by atoms with E-state index in [2.05, 4.69) is 5.32 Å². The van der Waals surface area contributed by atoms with Gasteiger partial charge in [-0.15, -0.1) is 0 Å². The zero-order valence-corrected chi connectivity index (χ0v) is 14.0. The first-order chi connectivity index (χ1) is 11.6. The van der Waals surface area contributed by atoms with Crippen molar-refractivity contribution >= 4 is 12.1 Å². The average molecular weight is 363 g/mol. The predicted molar refractivity (Wildman–Crippen MR) is 80.5 cm³/mol. The number of amides is 3. The summed E-state index contributed by atoms with van der Waals surface area (Å²) in [6, 6.07) is -1.04. The summed E-state index contributed by atoms with van der Waals surface area (Å²) in [6.45, 7) is 2.48. The monoisotopic (exact) mass is 363 g/mol. The molecular weight excluding hydrogens is 341 g/mol. The van der Waals surface area contributed by atoms with Gasteiger partial charge in [0, 0.05) is 19.3 Å². The third-order valence-electron chi connectivity index (χ3n) is 4.04. The molecule has 1 unspecified atom stereocenters. The van der Waals surface area contributed by atoms with Crippen molar-refractivity contribution in [2.24, 2.45) is 0 Å². The first-order valence-corrected chi connectivity index (χ1v) is 7.64. The van der Waals surface area contributed by atoms with E-state index in [4.69, 9.17) is 9.47 Å². The van der Waals surface area contributed by atoms with Gasteiger partial charge in [-0.2, -0.15) is 0 Å². The van der Waals surface area contributed by atoms with Gasteiger partial charge in [0.1, 0.15) is 18.4 Å². The van der Waals surface area contributed by atoms with E-state index in [9.17, 15) is 29.3 Å². The molecular formula is C14H22FN3O7. The summed E-state index contributed by atoms with van der Waals surface area (Å²) in [5, 5.41) is 31.3. The molecule has 0 saturated carbocycles. The molecule has 0 aliphatic carbocycles. The van der Waals surface area contributed by atoms with Gasteiger partial charge >= 0.3 is 12.1 Å². The van der Waals surface area contributed by atoms with Gasteiger partial charge in [-0.3, -0.25) is 4.90 Å². The number of aliphatic hydroxyl groups excluding tert-OH is 3. The maximum Gasteiger partial charge on any atom is 0.409 e. The van der Waals surface area contributed by atoms with Crippen LogP contribution in [0.15, 0.2) is 12.3 Å². The summed E-state index contributed by atoms with van der Waals surface area (Å²) in [7, 11) is 1.45. The largest absolute Gasteiger partial charge is 0.443 e. The lowest BCUT2D eigenvalue weighted by Gasteiger charge is -2.31. The van der Waals surface area contributed by atoms with Crippen LogP contribution in [-0.4, -0.2) is 87.5 Å². The van der Waals surface area contributed by atoms with E-state index in [0.29, 0.717) is 0 Å². The molecule has 0 aromatic heterocycles. The van der Waals surface area contributed by atoms with Crippen LogP contribution in [0.3, 0.4) is 0 Å². The Balaban J connectivity index is 2.06. The summed E-state index contributed by atoms with van der Waals surface area (Å²) in [4.78, 5) is 25.6. The van der Waals surface area contributed by atoms with Crippen LogP contribution >= 0.6 is 0 Å². The second kappa shape index (κ2) is 7.12. The highest BCUT2D eigenvalue weighted by Crippen LogP contribution is 2.35. The molecule has 11 heteroatoms. The zero-order chi connectivity index (χ0) is 18.9. The Kier molecular flexibility index (Phi) is 5.52. The lowest BCUT2D eigenvalue weighted by molar-refractivity contribution is -0.209. The highest BCUT2D eigenvalue weighted by atomic mass is 19.2. The van der Waals surface area contributed by atoms with Crippen LogP contribution in [0.1, 0.15) is 13.8 Å². The fourth-order valence-electron chi connectivity index (χ4n) is 2.26. The van der Waals surface area contributed by atoms with Gasteiger partial charge in [-0.1, -0.05) is 0 Å². The molecule has 10 nitrogen and oxygen atoms in total. The molecule has 5 atom stereocenters. The minimum Gasteiger partial charge on any atom is -0.443 e. The lowest BCUT2D eigenvalue weighted by atomic mass is 10.1. The molecule has 0 radical (unpaired) electrons. The first kappa shape index (κ1) is 19.4. The van der Waals surface area contributed by atoms with Crippen LogP contribution < -0.4 is 5.32 Å². The van der Waals surface area contributed by atoms with Crippen molar-refractivity contribution in [3.8, 4) is 0 Å². The van der Waals surface area contributed by atoms with Crippen LogP contribution in [0.2, 0.25) is 0 Å². The van der Waals surface area contributed by atoms with Crippen LogP contribution in [0.25, 0.3) is 0 Å². The molecule has 1 saturated heterocycles. The molecule has 25 heavy (non-hydrogen) atoms. The molecule has 0 aromatic rings. The Hall–Kier alpha value is -1.95. The second-order valence-electron chi connectivity index (χ2n) is 6.13. The summed E-state index contributed by atoms with van der Waals surface area (Å²) >= 11 is 0. The van der Waals surface area contributed by atoms with E-state index < -0.39 is 49.2 Å². The Morgan fingerprint density at radius 2 is 2.16 bits per heavy atom. The number of carbonyl (C=O) groups excluding carboxylic acids is 2. The molecule has 2 heterocycles. The maximum atomic E-state index is 14.8. The van der Waals surface area contributed by atoms with Gasteiger partial charge < -0.3 is 35.0 Å². The summed E-state index contributed by atoms with van der Waals surface area (Å²) in [6.07, 6.45) is -5.21. The number of urea groups is 1. The van der Waals surface area contributed by atoms with Crippen LogP contribution in [0, 0.1) is 0 Å². The highest BCUT2D eigenvalue weighted by Gasteiger charge is 2.58. The van der Waals surface area contributed by atoms with Gasteiger partial charge in [-0.05, 0) is 19.9 Å². The van der Waals surface area contributed by atoms with Crippen molar-refractivity contribution in [2.75, 3.05) is 13.7 Å². The number of hydrogen-bond donors (Lipinski definition) is 4. The number of halogens is 1. The Labute approximate surface area is 143 Å². The molecule has 0 spiro atoms. The number of carbonyl (C=O) groups is 2. The Morgan fingerprint density at radius 1 is 1.52 bits per heavy atom. The molecule has 3 amide bonds. The zero-order valence-electron chi connectivity index (χ0n) is 14.0. The maximum absolute atomic E-state index is 14.8. The van der Waals surface area contributed by atoms with Crippen LogP contribution in [0.4, 0.5) is 14.0 Å². The van der Waals surface area contributed by atoms with Crippen molar-refractivity contribution in [2.45, 2.75) is 50.4 Å². The Bertz CT molecular complexity index is 561.